The van der Waals surface area contributed by atoms with Gasteiger partial charge in [-0.25, -0.2) is 22.4 Å². The van der Waals surface area contributed by atoms with E-state index in [0.717, 1.165) is 6.07 Å². The van der Waals surface area contributed by atoms with Crippen LogP contribution in [0.5, 0.6) is 0 Å². The number of para-hydroxylation sites is 1. The van der Waals surface area contributed by atoms with Crippen LogP contribution < -0.4 is 5.32 Å². The standard InChI is InChI=1S/C12H13FN2O5S/c13-9-3-1-2-8(11(16)17)10(9)14-12(18)15-4-6-21(19,20)7-5-15/h1-3H,4-7H2,(H,14,18)(H,16,17). The van der Waals surface area contributed by atoms with Crippen molar-refractivity contribution in [2.75, 3.05) is 29.9 Å². The van der Waals surface area contributed by atoms with Crippen LogP contribution in [0.15, 0.2) is 18.2 Å². The lowest BCUT2D eigenvalue weighted by atomic mass is 10.1. The maximum Gasteiger partial charge on any atom is 0.337 e. The number of carbonyl (C=O) groups excluding carboxylic acids is 1. The van der Waals surface area contributed by atoms with E-state index >= 15 is 0 Å². The Morgan fingerprint density at radius 1 is 1.24 bits per heavy atom. The van der Waals surface area contributed by atoms with E-state index in [0.29, 0.717) is 0 Å². The van der Waals surface area contributed by atoms with Gasteiger partial charge in [-0.3, -0.25) is 0 Å². The second kappa shape index (κ2) is 5.68. The highest BCUT2D eigenvalue weighted by atomic mass is 32.2. The first kappa shape index (κ1) is 15.2. The molecule has 0 atom stereocenters. The number of anilines is 1. The molecular formula is C12H13FN2O5S. The summed E-state index contributed by atoms with van der Waals surface area (Å²) in [5, 5.41) is 11.2. The van der Waals surface area contributed by atoms with Gasteiger partial charge in [0.2, 0.25) is 0 Å². The Kier molecular flexibility index (Phi) is 4.12. The zero-order valence-corrected chi connectivity index (χ0v) is 11.7. The number of urea groups is 1. The predicted molar refractivity (Wildman–Crippen MR) is 72.6 cm³/mol. The van der Waals surface area contributed by atoms with Gasteiger partial charge in [-0.05, 0) is 12.1 Å². The van der Waals surface area contributed by atoms with Crippen molar-refractivity contribution in [3.63, 3.8) is 0 Å². The molecule has 1 aromatic carbocycles. The van der Waals surface area contributed by atoms with Gasteiger partial charge in [-0.2, -0.15) is 0 Å². The van der Waals surface area contributed by atoms with E-state index in [9.17, 15) is 22.4 Å². The molecule has 9 heteroatoms. The predicted octanol–water partition coefficient (Wildman–Crippen LogP) is 0.786. The van der Waals surface area contributed by atoms with Crippen molar-refractivity contribution < 1.29 is 27.5 Å². The van der Waals surface area contributed by atoms with Gasteiger partial charge in [-0.1, -0.05) is 6.07 Å². The highest BCUT2D eigenvalue weighted by molar-refractivity contribution is 7.91. The molecule has 21 heavy (non-hydrogen) atoms. The molecule has 0 saturated carbocycles. The molecule has 2 amide bonds. The molecule has 0 bridgehead atoms. The molecule has 2 N–H and O–H groups in total. The van der Waals surface area contributed by atoms with Crippen molar-refractivity contribution in [3.05, 3.63) is 29.6 Å². The smallest absolute Gasteiger partial charge is 0.337 e. The van der Waals surface area contributed by atoms with Gasteiger partial charge in [0.1, 0.15) is 5.82 Å². The lowest BCUT2D eigenvalue weighted by Crippen LogP contribution is -2.45. The fourth-order valence-electron chi connectivity index (χ4n) is 1.93. The molecule has 2 rings (SSSR count). The largest absolute Gasteiger partial charge is 0.478 e. The van der Waals surface area contributed by atoms with E-state index in [1.807, 2.05) is 0 Å². The maximum atomic E-state index is 13.7. The summed E-state index contributed by atoms with van der Waals surface area (Å²) in [6.45, 7) is -0.0178. The monoisotopic (exact) mass is 316 g/mol. The minimum atomic E-state index is -3.14. The molecule has 1 heterocycles. The Morgan fingerprint density at radius 2 is 1.86 bits per heavy atom. The molecule has 0 unspecified atom stereocenters. The first-order chi connectivity index (χ1) is 9.80. The van der Waals surface area contributed by atoms with Crippen molar-refractivity contribution in [2.45, 2.75) is 0 Å². The fraction of sp³-hybridized carbons (Fsp3) is 0.333. The maximum absolute atomic E-state index is 13.7. The first-order valence-corrected chi connectivity index (χ1v) is 7.90. The number of sulfone groups is 1. The summed E-state index contributed by atoms with van der Waals surface area (Å²) in [4.78, 5) is 24.2. The third-order valence-corrected chi connectivity index (χ3v) is 4.72. The average molecular weight is 316 g/mol. The lowest BCUT2D eigenvalue weighted by molar-refractivity contribution is 0.0697. The molecule has 1 aliphatic heterocycles. The Balaban J connectivity index is 2.16. The summed E-state index contributed by atoms with van der Waals surface area (Å²) in [7, 11) is -3.14. The quantitative estimate of drug-likeness (QED) is 0.839. The number of halogens is 1. The number of nitrogens with zero attached hydrogens (tertiary/aromatic N) is 1. The summed E-state index contributed by atoms with van der Waals surface area (Å²) in [5.41, 5.74) is -0.795. The summed E-state index contributed by atoms with van der Waals surface area (Å²) < 4.78 is 36.2. The molecule has 1 saturated heterocycles. The molecular weight excluding hydrogens is 303 g/mol. The van der Waals surface area contributed by atoms with Crippen LogP contribution in [-0.4, -0.2) is 55.0 Å². The highest BCUT2D eigenvalue weighted by Crippen LogP contribution is 2.20. The van der Waals surface area contributed by atoms with E-state index in [1.165, 1.54) is 17.0 Å². The number of benzene rings is 1. The molecule has 0 aliphatic carbocycles. The van der Waals surface area contributed by atoms with Crippen molar-refractivity contribution in [1.29, 1.82) is 0 Å². The number of amides is 2. The zero-order chi connectivity index (χ0) is 15.6. The second-order valence-electron chi connectivity index (χ2n) is 4.54. The SMILES string of the molecule is O=C(O)c1cccc(F)c1NC(=O)N1CCS(=O)(=O)CC1. The second-order valence-corrected chi connectivity index (χ2v) is 6.84. The topological polar surface area (TPSA) is 104 Å². The van der Waals surface area contributed by atoms with Crippen LogP contribution >= 0.6 is 0 Å². The van der Waals surface area contributed by atoms with Crippen LogP contribution in [0.25, 0.3) is 0 Å². The Bertz CT molecular complexity index is 675. The fourth-order valence-corrected chi connectivity index (χ4v) is 3.13. The summed E-state index contributed by atoms with van der Waals surface area (Å²) >= 11 is 0. The summed E-state index contributed by atoms with van der Waals surface area (Å²) in [6.07, 6.45) is 0. The molecule has 1 aliphatic rings. The van der Waals surface area contributed by atoms with E-state index in [-0.39, 0.29) is 30.2 Å². The van der Waals surface area contributed by atoms with E-state index in [4.69, 9.17) is 5.11 Å². The molecule has 114 valence electrons. The normalized spacial score (nSPS) is 17.3. The van der Waals surface area contributed by atoms with E-state index < -0.39 is 33.3 Å². The van der Waals surface area contributed by atoms with Crippen LogP contribution in [-0.2, 0) is 9.84 Å². The molecule has 0 spiro atoms. The van der Waals surface area contributed by atoms with Gasteiger partial charge < -0.3 is 15.3 Å². The van der Waals surface area contributed by atoms with Gasteiger partial charge in [0.25, 0.3) is 0 Å². The van der Waals surface area contributed by atoms with Gasteiger partial charge >= 0.3 is 12.0 Å². The molecule has 0 radical (unpaired) electrons. The van der Waals surface area contributed by atoms with Crippen LogP contribution in [0.3, 0.4) is 0 Å². The lowest BCUT2D eigenvalue weighted by Gasteiger charge is -2.27. The van der Waals surface area contributed by atoms with Gasteiger partial charge in [0.05, 0.1) is 22.8 Å². The van der Waals surface area contributed by atoms with Crippen molar-refractivity contribution in [2.24, 2.45) is 0 Å². The minimum absolute atomic E-state index is 0.00890. The minimum Gasteiger partial charge on any atom is -0.478 e. The Labute approximate surface area is 120 Å². The molecule has 0 aromatic heterocycles. The number of hydrogen-bond donors (Lipinski definition) is 2. The first-order valence-electron chi connectivity index (χ1n) is 6.08. The van der Waals surface area contributed by atoms with Gasteiger partial charge in [0, 0.05) is 13.1 Å². The number of nitrogens with one attached hydrogen (secondary N) is 1. The Morgan fingerprint density at radius 3 is 2.43 bits per heavy atom. The summed E-state index contributed by atoms with van der Waals surface area (Å²) in [5.74, 6) is -2.56. The van der Waals surface area contributed by atoms with Crippen molar-refractivity contribution in [1.82, 2.24) is 4.90 Å². The molecule has 1 fully saturated rings. The number of carboxylic acid groups (broad SMARTS) is 1. The Hall–Kier alpha value is -2.16. The third-order valence-electron chi connectivity index (χ3n) is 3.11. The summed E-state index contributed by atoms with van der Waals surface area (Å²) in [6, 6.07) is 2.70. The number of hydrogen-bond acceptors (Lipinski definition) is 4. The van der Waals surface area contributed by atoms with Crippen molar-refractivity contribution >= 4 is 27.5 Å². The average Bonchev–Trinajstić information content (AvgIpc) is 2.40. The molecule has 7 nitrogen and oxygen atoms in total. The van der Waals surface area contributed by atoms with Crippen molar-refractivity contribution in [3.8, 4) is 0 Å². The van der Waals surface area contributed by atoms with Gasteiger partial charge in [0.15, 0.2) is 9.84 Å². The van der Waals surface area contributed by atoms with Gasteiger partial charge in [-0.15, -0.1) is 0 Å². The van der Waals surface area contributed by atoms with E-state index in [1.54, 1.807) is 0 Å². The van der Waals surface area contributed by atoms with Crippen LogP contribution in [0.2, 0.25) is 0 Å². The number of rotatable bonds is 2. The number of carboxylic acids is 1. The number of carbonyl (C=O) groups is 2. The van der Waals surface area contributed by atoms with Crippen LogP contribution in [0, 0.1) is 5.82 Å². The third kappa shape index (κ3) is 3.48. The molecule has 1 aromatic rings. The number of aromatic carboxylic acids is 1. The van der Waals surface area contributed by atoms with E-state index in [2.05, 4.69) is 5.32 Å². The zero-order valence-electron chi connectivity index (χ0n) is 10.9. The van der Waals surface area contributed by atoms with Crippen LogP contribution in [0.1, 0.15) is 10.4 Å². The highest BCUT2D eigenvalue weighted by Gasteiger charge is 2.26. The van der Waals surface area contributed by atoms with Crippen LogP contribution in [0.4, 0.5) is 14.9 Å².